The summed E-state index contributed by atoms with van der Waals surface area (Å²) >= 11 is 0. The second-order valence-corrected chi connectivity index (χ2v) is 5.55. The molecule has 1 aliphatic heterocycles. The van der Waals surface area contributed by atoms with Crippen molar-refractivity contribution >= 4 is 11.6 Å². The van der Waals surface area contributed by atoms with E-state index >= 15 is 0 Å². The number of likely N-dealkylation sites (tertiary alicyclic amines) is 1. The van der Waals surface area contributed by atoms with E-state index in [1.165, 1.54) is 25.0 Å². The van der Waals surface area contributed by atoms with Crippen LogP contribution in [0.3, 0.4) is 0 Å². The molecular weight excluding hydrogens is 254 g/mol. The molecule has 1 heterocycles. The van der Waals surface area contributed by atoms with Crippen LogP contribution in [0.2, 0.25) is 0 Å². The van der Waals surface area contributed by atoms with Gasteiger partial charge in [0, 0.05) is 18.7 Å². The smallest absolute Gasteiger partial charge is 0.251 e. The van der Waals surface area contributed by atoms with Gasteiger partial charge in [0.05, 0.1) is 5.69 Å². The highest BCUT2D eigenvalue weighted by atomic mass is 16.3. The number of rotatable bonds is 4. The van der Waals surface area contributed by atoms with Crippen molar-refractivity contribution in [2.24, 2.45) is 5.92 Å². The maximum absolute atomic E-state index is 11.9. The van der Waals surface area contributed by atoms with E-state index in [1.54, 1.807) is 6.07 Å². The molecule has 1 aliphatic rings. The van der Waals surface area contributed by atoms with Crippen molar-refractivity contribution < 1.29 is 9.90 Å². The number of amides is 1. The fourth-order valence-electron chi connectivity index (χ4n) is 2.40. The van der Waals surface area contributed by atoms with Gasteiger partial charge in [0.1, 0.15) is 5.75 Å². The molecule has 0 aliphatic carbocycles. The highest BCUT2D eigenvalue weighted by molar-refractivity contribution is 5.95. The Balaban J connectivity index is 1.76. The average Bonchev–Trinajstić information content (AvgIpc) is 2.44. The Labute approximate surface area is 119 Å². The third-order valence-corrected chi connectivity index (χ3v) is 3.88. The van der Waals surface area contributed by atoms with Gasteiger partial charge in [-0.25, -0.2) is 0 Å². The Hall–Kier alpha value is -1.75. The van der Waals surface area contributed by atoms with Gasteiger partial charge in [-0.1, -0.05) is 6.92 Å². The number of phenols is 1. The lowest BCUT2D eigenvalue weighted by Gasteiger charge is -2.30. The molecule has 5 nitrogen and oxygen atoms in total. The van der Waals surface area contributed by atoms with E-state index in [4.69, 9.17) is 5.73 Å². The Kier molecular flexibility index (Phi) is 4.84. The lowest BCUT2D eigenvalue weighted by molar-refractivity contribution is 0.0944. The third kappa shape index (κ3) is 3.87. The van der Waals surface area contributed by atoms with Crippen LogP contribution >= 0.6 is 0 Å². The van der Waals surface area contributed by atoms with Crippen molar-refractivity contribution in [3.63, 3.8) is 0 Å². The molecule has 0 saturated carbocycles. The standard InChI is InChI=1S/C15H23N3O2/c1-11-4-7-18(8-5-11)9-6-17-15(20)12-2-3-13(16)14(19)10-12/h2-3,10-11,19H,4-9,16H2,1H3,(H,17,20). The van der Waals surface area contributed by atoms with Crippen molar-refractivity contribution in [2.75, 3.05) is 31.9 Å². The first-order chi connectivity index (χ1) is 9.56. The molecule has 1 saturated heterocycles. The summed E-state index contributed by atoms with van der Waals surface area (Å²) in [6, 6.07) is 4.55. The minimum atomic E-state index is -0.175. The highest BCUT2D eigenvalue weighted by Crippen LogP contribution is 2.20. The topological polar surface area (TPSA) is 78.6 Å². The number of aromatic hydroxyl groups is 1. The van der Waals surface area contributed by atoms with Crippen molar-refractivity contribution in [3.05, 3.63) is 23.8 Å². The SMILES string of the molecule is CC1CCN(CCNC(=O)c2ccc(N)c(O)c2)CC1. The molecule has 0 bridgehead atoms. The fourth-order valence-corrected chi connectivity index (χ4v) is 2.40. The number of hydrogen-bond acceptors (Lipinski definition) is 4. The number of hydrogen-bond donors (Lipinski definition) is 3. The fraction of sp³-hybridized carbons (Fsp3) is 0.533. The van der Waals surface area contributed by atoms with Gasteiger partial charge in [-0.2, -0.15) is 0 Å². The summed E-state index contributed by atoms with van der Waals surface area (Å²) in [5, 5.41) is 12.4. The second-order valence-electron chi connectivity index (χ2n) is 5.55. The van der Waals surface area contributed by atoms with Crippen LogP contribution in [0.25, 0.3) is 0 Å². The van der Waals surface area contributed by atoms with E-state index in [1.807, 2.05) is 0 Å². The van der Waals surface area contributed by atoms with Gasteiger partial charge in [-0.05, 0) is 50.0 Å². The molecule has 1 amide bonds. The predicted octanol–water partition coefficient (Wildman–Crippen LogP) is 1.44. The van der Waals surface area contributed by atoms with E-state index in [9.17, 15) is 9.90 Å². The minimum absolute atomic E-state index is 0.0531. The zero-order valence-electron chi connectivity index (χ0n) is 11.9. The first kappa shape index (κ1) is 14.7. The van der Waals surface area contributed by atoms with E-state index < -0.39 is 0 Å². The minimum Gasteiger partial charge on any atom is -0.506 e. The first-order valence-electron chi connectivity index (χ1n) is 7.15. The van der Waals surface area contributed by atoms with Crippen LogP contribution in [0.4, 0.5) is 5.69 Å². The lowest BCUT2D eigenvalue weighted by atomic mass is 9.99. The largest absolute Gasteiger partial charge is 0.506 e. The summed E-state index contributed by atoms with van der Waals surface area (Å²) in [5.41, 5.74) is 6.23. The number of piperidine rings is 1. The zero-order chi connectivity index (χ0) is 14.5. The Morgan fingerprint density at radius 2 is 2.15 bits per heavy atom. The van der Waals surface area contributed by atoms with Crippen LogP contribution in [0.15, 0.2) is 18.2 Å². The molecule has 0 unspecified atom stereocenters. The molecule has 0 atom stereocenters. The van der Waals surface area contributed by atoms with Gasteiger partial charge < -0.3 is 21.1 Å². The maximum Gasteiger partial charge on any atom is 0.251 e. The summed E-state index contributed by atoms with van der Waals surface area (Å²) < 4.78 is 0. The van der Waals surface area contributed by atoms with Gasteiger partial charge in [0.25, 0.3) is 5.91 Å². The summed E-state index contributed by atoms with van der Waals surface area (Å²) in [6.45, 7) is 6.00. The average molecular weight is 277 g/mol. The molecule has 0 spiro atoms. The number of nitrogens with zero attached hydrogens (tertiary/aromatic N) is 1. The number of phenolic OH excluding ortho intramolecular Hbond substituents is 1. The molecule has 2 rings (SSSR count). The predicted molar refractivity (Wildman–Crippen MR) is 79.7 cm³/mol. The van der Waals surface area contributed by atoms with Gasteiger partial charge in [-0.15, -0.1) is 0 Å². The van der Waals surface area contributed by atoms with Crippen LogP contribution in [0.5, 0.6) is 5.75 Å². The Morgan fingerprint density at radius 1 is 1.45 bits per heavy atom. The number of anilines is 1. The van der Waals surface area contributed by atoms with E-state index in [0.29, 0.717) is 12.1 Å². The molecule has 4 N–H and O–H groups in total. The first-order valence-corrected chi connectivity index (χ1v) is 7.15. The van der Waals surface area contributed by atoms with Gasteiger partial charge >= 0.3 is 0 Å². The molecule has 20 heavy (non-hydrogen) atoms. The molecule has 0 aromatic heterocycles. The normalized spacial score (nSPS) is 17.1. The lowest BCUT2D eigenvalue weighted by Crippen LogP contribution is -2.39. The number of carbonyl (C=O) groups is 1. The molecule has 1 aromatic rings. The summed E-state index contributed by atoms with van der Waals surface area (Å²) in [5.74, 6) is 0.590. The summed E-state index contributed by atoms with van der Waals surface area (Å²) in [7, 11) is 0. The molecule has 110 valence electrons. The van der Waals surface area contributed by atoms with E-state index in [-0.39, 0.29) is 17.3 Å². The summed E-state index contributed by atoms with van der Waals surface area (Å²) in [6.07, 6.45) is 2.47. The van der Waals surface area contributed by atoms with Crippen molar-refractivity contribution in [1.29, 1.82) is 0 Å². The van der Waals surface area contributed by atoms with Gasteiger partial charge in [-0.3, -0.25) is 4.79 Å². The quantitative estimate of drug-likeness (QED) is 0.575. The maximum atomic E-state index is 11.9. The van der Waals surface area contributed by atoms with E-state index in [0.717, 1.165) is 25.6 Å². The zero-order valence-corrected chi connectivity index (χ0v) is 11.9. The van der Waals surface area contributed by atoms with Crippen LogP contribution in [-0.2, 0) is 0 Å². The number of nitrogens with one attached hydrogen (secondary N) is 1. The number of nitrogen functional groups attached to an aromatic ring is 1. The molecule has 1 aromatic carbocycles. The number of nitrogens with two attached hydrogens (primary N) is 1. The van der Waals surface area contributed by atoms with Crippen LogP contribution in [-0.4, -0.2) is 42.1 Å². The molecule has 1 fully saturated rings. The van der Waals surface area contributed by atoms with Crippen LogP contribution in [0.1, 0.15) is 30.1 Å². The van der Waals surface area contributed by atoms with E-state index in [2.05, 4.69) is 17.1 Å². The van der Waals surface area contributed by atoms with Crippen molar-refractivity contribution in [2.45, 2.75) is 19.8 Å². The molecular formula is C15H23N3O2. The second kappa shape index (κ2) is 6.61. The van der Waals surface area contributed by atoms with Gasteiger partial charge in [0.15, 0.2) is 0 Å². The van der Waals surface area contributed by atoms with Crippen LogP contribution < -0.4 is 11.1 Å². The molecule has 0 radical (unpaired) electrons. The number of carbonyl (C=O) groups excluding carboxylic acids is 1. The Morgan fingerprint density at radius 3 is 2.80 bits per heavy atom. The highest BCUT2D eigenvalue weighted by Gasteiger charge is 2.15. The van der Waals surface area contributed by atoms with Crippen molar-refractivity contribution in [1.82, 2.24) is 10.2 Å². The van der Waals surface area contributed by atoms with Crippen molar-refractivity contribution in [3.8, 4) is 5.75 Å². The van der Waals surface area contributed by atoms with Gasteiger partial charge in [0.2, 0.25) is 0 Å². The third-order valence-electron chi connectivity index (χ3n) is 3.88. The molecule has 5 heteroatoms. The monoisotopic (exact) mass is 277 g/mol. The Bertz CT molecular complexity index is 468. The summed E-state index contributed by atoms with van der Waals surface area (Å²) in [4.78, 5) is 14.3. The van der Waals surface area contributed by atoms with Crippen LogP contribution in [0, 0.1) is 5.92 Å². The number of benzene rings is 1.